The highest BCUT2D eigenvalue weighted by atomic mass is 19.3. The predicted molar refractivity (Wildman–Crippen MR) is 105 cm³/mol. The second-order valence-corrected chi connectivity index (χ2v) is 7.94. The predicted octanol–water partition coefficient (Wildman–Crippen LogP) is 6.86. The average molecular weight is 384 g/mol. The van der Waals surface area contributed by atoms with Gasteiger partial charge in [0.1, 0.15) is 5.82 Å². The Bertz CT molecular complexity index is 920. The molecule has 0 heterocycles. The van der Waals surface area contributed by atoms with Gasteiger partial charge in [0.15, 0.2) is 0 Å². The number of fused-ring (bicyclic) bond motifs is 1. The van der Waals surface area contributed by atoms with Gasteiger partial charge in [0, 0.05) is 0 Å². The Morgan fingerprint density at radius 1 is 0.964 bits per heavy atom. The molecule has 0 aliphatic heterocycles. The molecule has 0 amide bonds. The quantitative estimate of drug-likeness (QED) is 0.565. The molecule has 4 rings (SSSR count). The highest BCUT2D eigenvalue weighted by Crippen LogP contribution is 2.41. The topological polar surface area (TPSA) is 17.1 Å². The van der Waals surface area contributed by atoms with Gasteiger partial charge in [0.25, 0.3) is 0 Å². The van der Waals surface area contributed by atoms with E-state index in [1.807, 2.05) is 12.1 Å². The molecule has 0 aromatic heterocycles. The summed E-state index contributed by atoms with van der Waals surface area (Å²) in [6.45, 7) is 2.25. The summed E-state index contributed by atoms with van der Waals surface area (Å²) in [5, 5.41) is 0. The fraction of sp³-hybridized carbons (Fsp3) is 0.375. The molecule has 1 saturated carbocycles. The van der Waals surface area contributed by atoms with E-state index in [2.05, 4.69) is 19.1 Å². The first kappa shape index (κ1) is 19.0. The molecule has 28 heavy (non-hydrogen) atoms. The van der Waals surface area contributed by atoms with Crippen LogP contribution >= 0.6 is 0 Å². The zero-order valence-corrected chi connectivity index (χ0v) is 15.9. The summed E-state index contributed by atoms with van der Waals surface area (Å²) in [4.78, 5) is 11.4. The van der Waals surface area contributed by atoms with Gasteiger partial charge in [-0.2, -0.15) is 8.78 Å². The van der Waals surface area contributed by atoms with Crippen molar-refractivity contribution in [3.05, 3.63) is 65.0 Å². The number of hydrogen-bond donors (Lipinski definition) is 0. The number of alkyl halides is 2. The Kier molecular flexibility index (Phi) is 4.90. The fourth-order valence-electron chi connectivity index (χ4n) is 4.50. The average Bonchev–Trinajstić information content (AvgIpc) is 2.70. The standard InChI is InChI=1S/C24H23F3O/c1-2-15-3-5-16(6-4-15)17-7-9-18(10-8-17)20-13-19-11-12-22(28)24(26,27)23(19)21(25)14-20/h7-16H,2-6H2,1H3. The van der Waals surface area contributed by atoms with Crippen molar-refractivity contribution < 1.29 is 18.0 Å². The highest BCUT2D eigenvalue weighted by molar-refractivity contribution is 6.03. The Morgan fingerprint density at radius 2 is 1.64 bits per heavy atom. The van der Waals surface area contributed by atoms with Gasteiger partial charge in [0.2, 0.25) is 5.78 Å². The molecule has 0 saturated heterocycles. The molecule has 2 aromatic rings. The maximum Gasteiger partial charge on any atom is 0.337 e. The van der Waals surface area contributed by atoms with Gasteiger partial charge in [-0.05, 0) is 78.0 Å². The Balaban J connectivity index is 1.60. The minimum absolute atomic E-state index is 0.0570. The molecule has 0 unspecified atom stereocenters. The third-order valence-corrected chi connectivity index (χ3v) is 6.30. The number of halogens is 3. The molecule has 4 heteroatoms. The van der Waals surface area contributed by atoms with Crippen LogP contribution in [0.1, 0.15) is 61.6 Å². The second-order valence-electron chi connectivity index (χ2n) is 7.94. The van der Waals surface area contributed by atoms with Gasteiger partial charge in [-0.1, -0.05) is 43.7 Å². The Morgan fingerprint density at radius 3 is 2.29 bits per heavy atom. The van der Waals surface area contributed by atoms with E-state index in [0.717, 1.165) is 23.6 Å². The largest absolute Gasteiger partial charge is 0.337 e. The normalized spacial score (nSPS) is 23.5. The molecule has 1 nitrogen and oxygen atoms in total. The lowest BCUT2D eigenvalue weighted by Crippen LogP contribution is -2.29. The molecule has 2 aliphatic carbocycles. The lowest BCUT2D eigenvalue weighted by molar-refractivity contribution is -0.139. The summed E-state index contributed by atoms with van der Waals surface area (Å²) in [6.07, 6.45) is 8.24. The fourth-order valence-corrected chi connectivity index (χ4v) is 4.50. The summed E-state index contributed by atoms with van der Waals surface area (Å²) in [5.41, 5.74) is 1.83. The number of rotatable bonds is 3. The van der Waals surface area contributed by atoms with Crippen molar-refractivity contribution in [2.24, 2.45) is 5.92 Å². The van der Waals surface area contributed by atoms with E-state index in [0.29, 0.717) is 11.5 Å². The van der Waals surface area contributed by atoms with Crippen LogP contribution in [0.15, 0.2) is 42.5 Å². The number of carbonyl (C=O) groups is 1. The van der Waals surface area contributed by atoms with Crippen molar-refractivity contribution in [2.75, 3.05) is 0 Å². The van der Waals surface area contributed by atoms with Crippen LogP contribution in [0.25, 0.3) is 17.2 Å². The van der Waals surface area contributed by atoms with Gasteiger partial charge in [-0.25, -0.2) is 4.39 Å². The second kappa shape index (κ2) is 7.23. The molecule has 2 aromatic carbocycles. The molecule has 0 bridgehead atoms. The third-order valence-electron chi connectivity index (χ3n) is 6.30. The van der Waals surface area contributed by atoms with E-state index in [1.54, 1.807) is 0 Å². The molecular weight excluding hydrogens is 361 g/mol. The number of ketones is 1. The van der Waals surface area contributed by atoms with Crippen LogP contribution in [0.2, 0.25) is 0 Å². The molecule has 0 radical (unpaired) electrons. The van der Waals surface area contributed by atoms with Crippen molar-refractivity contribution in [3.63, 3.8) is 0 Å². The van der Waals surface area contributed by atoms with E-state index >= 15 is 0 Å². The first-order valence-electron chi connectivity index (χ1n) is 9.94. The highest BCUT2D eigenvalue weighted by Gasteiger charge is 2.45. The van der Waals surface area contributed by atoms with Crippen LogP contribution in [-0.4, -0.2) is 5.78 Å². The summed E-state index contributed by atoms with van der Waals surface area (Å²) in [6, 6.07) is 10.6. The van der Waals surface area contributed by atoms with Gasteiger partial charge in [0.05, 0.1) is 5.56 Å². The molecule has 0 N–H and O–H groups in total. The Hall–Kier alpha value is -2.36. The maximum absolute atomic E-state index is 14.5. The first-order valence-corrected chi connectivity index (χ1v) is 9.94. The summed E-state index contributed by atoms with van der Waals surface area (Å²) < 4.78 is 42.6. The summed E-state index contributed by atoms with van der Waals surface area (Å²) in [5.74, 6) is -4.84. The van der Waals surface area contributed by atoms with E-state index in [-0.39, 0.29) is 5.56 Å². The Labute approximate surface area is 163 Å². The number of benzene rings is 2. The monoisotopic (exact) mass is 384 g/mol. The van der Waals surface area contributed by atoms with E-state index in [4.69, 9.17) is 0 Å². The number of allylic oxidation sites excluding steroid dienone is 1. The zero-order chi connectivity index (χ0) is 19.9. The first-order chi connectivity index (χ1) is 13.4. The van der Waals surface area contributed by atoms with Gasteiger partial charge in [-0.3, -0.25) is 4.79 Å². The smallest absolute Gasteiger partial charge is 0.288 e. The third kappa shape index (κ3) is 3.30. The minimum Gasteiger partial charge on any atom is -0.288 e. The molecule has 1 fully saturated rings. The van der Waals surface area contributed by atoms with E-state index < -0.39 is 23.1 Å². The summed E-state index contributed by atoms with van der Waals surface area (Å²) >= 11 is 0. The van der Waals surface area contributed by atoms with Gasteiger partial charge < -0.3 is 0 Å². The van der Waals surface area contributed by atoms with Crippen LogP contribution in [0.4, 0.5) is 13.2 Å². The molecule has 2 aliphatic rings. The SMILES string of the molecule is CCC1CCC(c2ccc(-c3cc(F)c4c(c3)C=CC(=O)C4(F)F)cc2)CC1. The van der Waals surface area contributed by atoms with E-state index in [9.17, 15) is 18.0 Å². The molecular formula is C24H23F3O. The van der Waals surface area contributed by atoms with Crippen LogP contribution < -0.4 is 0 Å². The summed E-state index contributed by atoms with van der Waals surface area (Å²) in [7, 11) is 0. The lowest BCUT2D eigenvalue weighted by Gasteiger charge is -2.28. The maximum atomic E-state index is 14.5. The van der Waals surface area contributed by atoms with Crippen LogP contribution in [0.3, 0.4) is 0 Å². The van der Waals surface area contributed by atoms with Gasteiger partial charge >= 0.3 is 5.92 Å². The molecule has 0 spiro atoms. The van der Waals surface area contributed by atoms with Crippen LogP contribution in [-0.2, 0) is 10.7 Å². The molecule has 0 atom stereocenters. The number of carbonyl (C=O) groups excluding carboxylic acids is 1. The van der Waals surface area contributed by atoms with Crippen molar-refractivity contribution in [1.29, 1.82) is 0 Å². The van der Waals surface area contributed by atoms with Crippen molar-refractivity contribution >= 4 is 11.9 Å². The lowest BCUT2D eigenvalue weighted by atomic mass is 9.77. The van der Waals surface area contributed by atoms with Crippen molar-refractivity contribution in [2.45, 2.75) is 50.9 Å². The van der Waals surface area contributed by atoms with Crippen LogP contribution in [0.5, 0.6) is 0 Å². The number of hydrogen-bond acceptors (Lipinski definition) is 1. The van der Waals surface area contributed by atoms with Crippen molar-refractivity contribution in [1.82, 2.24) is 0 Å². The van der Waals surface area contributed by atoms with E-state index in [1.165, 1.54) is 49.8 Å². The van der Waals surface area contributed by atoms with Crippen molar-refractivity contribution in [3.8, 4) is 11.1 Å². The van der Waals surface area contributed by atoms with Crippen LogP contribution in [0, 0.1) is 11.7 Å². The van der Waals surface area contributed by atoms with Gasteiger partial charge in [-0.15, -0.1) is 0 Å². The zero-order valence-electron chi connectivity index (χ0n) is 15.9. The molecule has 146 valence electrons. The minimum atomic E-state index is -3.81.